The number of esters is 1. The fraction of sp³-hybridized carbons (Fsp3) is 0.333. The highest BCUT2D eigenvalue weighted by Gasteiger charge is 2.21. The molecule has 6 heteroatoms. The summed E-state index contributed by atoms with van der Waals surface area (Å²) in [5, 5.41) is 5.34. The molecule has 0 unspecified atom stereocenters. The van der Waals surface area contributed by atoms with E-state index in [9.17, 15) is 4.79 Å². The number of aromatic nitrogens is 2. The first-order chi connectivity index (χ1) is 9.93. The molecule has 0 radical (unpaired) electrons. The second-order valence-corrected chi connectivity index (χ2v) is 5.69. The van der Waals surface area contributed by atoms with Crippen molar-refractivity contribution >= 4 is 29.2 Å². The predicted octanol–water partition coefficient (Wildman–Crippen LogP) is 4.48. The Morgan fingerprint density at radius 2 is 2.10 bits per heavy atom. The molecule has 0 N–H and O–H groups in total. The lowest BCUT2D eigenvalue weighted by Crippen LogP contribution is -2.09. The van der Waals surface area contributed by atoms with Crippen LogP contribution < -0.4 is 0 Å². The van der Waals surface area contributed by atoms with Crippen LogP contribution in [-0.4, -0.2) is 22.4 Å². The van der Waals surface area contributed by atoms with Crippen LogP contribution in [0.15, 0.2) is 24.4 Å². The summed E-state index contributed by atoms with van der Waals surface area (Å²) in [6, 6.07) is 5.12. The molecule has 112 valence electrons. The highest BCUT2D eigenvalue weighted by Crippen LogP contribution is 2.27. The molecular weight excluding hydrogens is 311 g/mol. The minimum Gasteiger partial charge on any atom is -0.461 e. The van der Waals surface area contributed by atoms with Crippen LogP contribution in [0.25, 0.3) is 5.69 Å². The van der Waals surface area contributed by atoms with E-state index in [4.69, 9.17) is 27.9 Å². The van der Waals surface area contributed by atoms with Gasteiger partial charge in [0, 0.05) is 16.8 Å². The monoisotopic (exact) mass is 326 g/mol. The van der Waals surface area contributed by atoms with Crippen LogP contribution in [0.1, 0.15) is 42.7 Å². The van der Waals surface area contributed by atoms with Crippen molar-refractivity contribution in [3.05, 3.63) is 45.7 Å². The Bertz CT molecular complexity index is 666. The van der Waals surface area contributed by atoms with E-state index >= 15 is 0 Å². The van der Waals surface area contributed by atoms with Crippen molar-refractivity contribution in [2.75, 3.05) is 6.61 Å². The van der Waals surface area contributed by atoms with Gasteiger partial charge in [-0.05, 0) is 31.0 Å². The number of carbonyl (C=O) groups is 1. The highest BCUT2D eigenvalue weighted by atomic mass is 35.5. The summed E-state index contributed by atoms with van der Waals surface area (Å²) in [6.45, 7) is 6.06. The van der Waals surface area contributed by atoms with Crippen molar-refractivity contribution in [1.82, 2.24) is 9.78 Å². The Morgan fingerprint density at radius 3 is 2.67 bits per heavy atom. The van der Waals surface area contributed by atoms with Gasteiger partial charge in [-0.25, -0.2) is 9.48 Å². The Hall–Kier alpha value is -1.52. The number of carbonyl (C=O) groups excluding carboxylic acids is 1. The van der Waals surface area contributed by atoms with E-state index in [1.165, 1.54) is 0 Å². The molecule has 0 spiro atoms. The van der Waals surface area contributed by atoms with Crippen molar-refractivity contribution in [3.63, 3.8) is 0 Å². The van der Waals surface area contributed by atoms with Crippen molar-refractivity contribution < 1.29 is 9.53 Å². The zero-order valence-corrected chi connectivity index (χ0v) is 13.6. The standard InChI is InChI=1S/C15H16Cl2N2O2/c1-4-21-15(20)14-11(9(2)3)8-19(18-14)13-6-5-10(16)7-12(13)17/h5-9H,4H2,1-3H3. The lowest BCUT2D eigenvalue weighted by Gasteiger charge is -2.04. The van der Waals surface area contributed by atoms with Crippen molar-refractivity contribution in [2.24, 2.45) is 0 Å². The molecule has 0 bridgehead atoms. The van der Waals surface area contributed by atoms with Crippen LogP contribution >= 0.6 is 23.2 Å². The zero-order chi connectivity index (χ0) is 15.6. The van der Waals surface area contributed by atoms with E-state index in [-0.39, 0.29) is 5.92 Å². The van der Waals surface area contributed by atoms with E-state index in [0.717, 1.165) is 5.56 Å². The normalized spacial score (nSPS) is 11.0. The van der Waals surface area contributed by atoms with Crippen LogP contribution in [0.2, 0.25) is 10.0 Å². The number of halogens is 2. The van der Waals surface area contributed by atoms with Gasteiger partial charge in [0.25, 0.3) is 0 Å². The summed E-state index contributed by atoms with van der Waals surface area (Å²) in [7, 11) is 0. The average Bonchev–Trinajstić information content (AvgIpc) is 2.84. The quantitative estimate of drug-likeness (QED) is 0.778. The minimum atomic E-state index is -0.426. The second kappa shape index (κ2) is 6.50. The molecule has 0 amide bonds. The number of nitrogens with zero attached hydrogens (tertiary/aromatic N) is 2. The van der Waals surface area contributed by atoms with E-state index < -0.39 is 5.97 Å². The van der Waals surface area contributed by atoms with Gasteiger partial charge in [-0.2, -0.15) is 5.10 Å². The maximum Gasteiger partial charge on any atom is 0.359 e. The SMILES string of the molecule is CCOC(=O)c1nn(-c2ccc(Cl)cc2Cl)cc1C(C)C. The molecule has 2 rings (SSSR count). The van der Waals surface area contributed by atoms with Crippen LogP contribution in [0.3, 0.4) is 0 Å². The number of hydrogen-bond acceptors (Lipinski definition) is 3. The smallest absolute Gasteiger partial charge is 0.359 e. The molecule has 2 aromatic rings. The van der Waals surface area contributed by atoms with Crippen molar-refractivity contribution in [2.45, 2.75) is 26.7 Å². The summed E-state index contributed by atoms with van der Waals surface area (Å²) in [5.41, 5.74) is 1.80. The van der Waals surface area contributed by atoms with Gasteiger partial charge in [-0.15, -0.1) is 0 Å². The van der Waals surface area contributed by atoms with Crippen molar-refractivity contribution in [3.8, 4) is 5.69 Å². The van der Waals surface area contributed by atoms with Crippen LogP contribution in [0.4, 0.5) is 0 Å². The molecule has 1 aromatic heterocycles. The molecular formula is C15H16Cl2N2O2. The van der Waals surface area contributed by atoms with E-state index in [2.05, 4.69) is 5.10 Å². The van der Waals surface area contributed by atoms with E-state index in [1.54, 1.807) is 36.0 Å². The maximum atomic E-state index is 12.0. The number of rotatable bonds is 4. The fourth-order valence-electron chi connectivity index (χ4n) is 1.96. The van der Waals surface area contributed by atoms with Gasteiger partial charge in [0.2, 0.25) is 0 Å². The average molecular weight is 327 g/mol. The third-order valence-electron chi connectivity index (χ3n) is 2.99. The van der Waals surface area contributed by atoms with Crippen molar-refractivity contribution in [1.29, 1.82) is 0 Å². The first kappa shape index (κ1) is 15.9. The highest BCUT2D eigenvalue weighted by molar-refractivity contribution is 6.35. The molecule has 1 heterocycles. The fourth-order valence-corrected chi connectivity index (χ4v) is 2.45. The number of benzene rings is 1. The Kier molecular flexibility index (Phi) is 4.91. The Labute approximate surface area is 133 Å². The lowest BCUT2D eigenvalue weighted by molar-refractivity contribution is 0.0517. The molecule has 4 nitrogen and oxygen atoms in total. The molecule has 21 heavy (non-hydrogen) atoms. The molecule has 0 saturated carbocycles. The van der Waals surface area contributed by atoms with Gasteiger partial charge in [0.1, 0.15) is 0 Å². The van der Waals surface area contributed by atoms with E-state index in [1.807, 2.05) is 13.8 Å². The van der Waals surface area contributed by atoms with Gasteiger partial charge >= 0.3 is 5.97 Å². The molecule has 0 fully saturated rings. The molecule has 0 aliphatic heterocycles. The summed E-state index contributed by atoms with van der Waals surface area (Å²) in [5.74, 6) is -0.283. The van der Waals surface area contributed by atoms with Crippen LogP contribution in [0, 0.1) is 0 Å². The topological polar surface area (TPSA) is 44.1 Å². The third kappa shape index (κ3) is 3.39. The number of ether oxygens (including phenoxy) is 1. The third-order valence-corrected chi connectivity index (χ3v) is 3.53. The minimum absolute atomic E-state index is 0.143. The largest absolute Gasteiger partial charge is 0.461 e. The van der Waals surface area contributed by atoms with E-state index in [0.29, 0.717) is 28.0 Å². The van der Waals surface area contributed by atoms with Gasteiger partial charge in [-0.3, -0.25) is 0 Å². The summed E-state index contributed by atoms with van der Waals surface area (Å²) >= 11 is 12.1. The second-order valence-electron chi connectivity index (χ2n) is 4.85. The molecule has 0 aliphatic carbocycles. The van der Waals surface area contributed by atoms with Crippen LogP contribution in [0.5, 0.6) is 0 Å². The summed E-state index contributed by atoms with van der Waals surface area (Å²) in [4.78, 5) is 12.0. The molecule has 0 atom stereocenters. The first-order valence-corrected chi connectivity index (χ1v) is 7.41. The number of hydrogen-bond donors (Lipinski definition) is 0. The first-order valence-electron chi connectivity index (χ1n) is 6.66. The molecule has 0 saturated heterocycles. The predicted molar refractivity (Wildman–Crippen MR) is 83.6 cm³/mol. The van der Waals surface area contributed by atoms with Gasteiger partial charge in [0.15, 0.2) is 5.69 Å². The Morgan fingerprint density at radius 1 is 1.38 bits per heavy atom. The van der Waals surface area contributed by atoms with Gasteiger partial charge in [0.05, 0.1) is 17.3 Å². The summed E-state index contributed by atoms with van der Waals surface area (Å²) in [6.07, 6.45) is 1.80. The maximum absolute atomic E-state index is 12.0. The van der Waals surface area contributed by atoms with Crippen LogP contribution in [-0.2, 0) is 4.74 Å². The van der Waals surface area contributed by atoms with Gasteiger partial charge in [-0.1, -0.05) is 37.0 Å². The summed E-state index contributed by atoms with van der Waals surface area (Å²) < 4.78 is 6.63. The van der Waals surface area contributed by atoms with Gasteiger partial charge < -0.3 is 4.74 Å². The zero-order valence-electron chi connectivity index (χ0n) is 12.1. The lowest BCUT2D eigenvalue weighted by atomic mass is 10.0. The molecule has 1 aromatic carbocycles. The Balaban J connectivity index is 2.51. The molecule has 0 aliphatic rings.